The zero-order valence-electron chi connectivity index (χ0n) is 10.9. The van der Waals surface area contributed by atoms with E-state index >= 15 is 0 Å². The molecule has 0 rings (SSSR count). The van der Waals surface area contributed by atoms with E-state index in [0.717, 1.165) is 0 Å². The van der Waals surface area contributed by atoms with Crippen LogP contribution < -0.4 is 5.32 Å². The van der Waals surface area contributed by atoms with E-state index < -0.39 is 18.0 Å². The quantitative estimate of drug-likeness (QED) is 0.642. The maximum atomic E-state index is 11.7. The minimum Gasteiger partial charge on any atom is -0.481 e. The summed E-state index contributed by atoms with van der Waals surface area (Å²) in [6.45, 7) is 3.97. The third-order valence-electron chi connectivity index (χ3n) is 2.34. The highest BCUT2D eigenvalue weighted by Crippen LogP contribution is 2.00. The number of carboxylic acids is 1. The fraction of sp³-hybridized carbons (Fsp3) is 0.727. The van der Waals surface area contributed by atoms with Gasteiger partial charge in [-0.1, -0.05) is 6.92 Å². The maximum absolute atomic E-state index is 11.7. The van der Waals surface area contributed by atoms with Gasteiger partial charge in [-0.05, 0) is 12.8 Å². The summed E-state index contributed by atoms with van der Waals surface area (Å²) in [4.78, 5) is 34.5. The Labute approximate surface area is 106 Å². The number of carbonyl (C=O) groups is 3. The predicted molar refractivity (Wildman–Crippen MR) is 64.1 cm³/mol. The molecule has 0 aliphatic rings. The third-order valence-corrected chi connectivity index (χ3v) is 2.34. The van der Waals surface area contributed by atoms with Crippen molar-refractivity contribution in [1.29, 1.82) is 0 Å². The number of amides is 2. The average molecular weight is 260 g/mol. The summed E-state index contributed by atoms with van der Waals surface area (Å²) < 4.78 is 4.47. The number of hydrogen-bond donors (Lipinski definition) is 2. The Morgan fingerprint density at radius 3 is 2.44 bits per heavy atom. The van der Waals surface area contributed by atoms with Crippen LogP contribution in [0, 0.1) is 5.92 Å². The number of aliphatic carboxylic acids is 1. The molecule has 0 saturated carbocycles. The van der Waals surface area contributed by atoms with Crippen molar-refractivity contribution in [2.45, 2.75) is 20.3 Å². The molecule has 0 bridgehead atoms. The van der Waals surface area contributed by atoms with Gasteiger partial charge in [0.15, 0.2) is 0 Å². The van der Waals surface area contributed by atoms with E-state index in [1.807, 2.05) is 0 Å². The van der Waals surface area contributed by atoms with Crippen molar-refractivity contribution in [1.82, 2.24) is 10.2 Å². The second-order valence-electron chi connectivity index (χ2n) is 3.98. The Morgan fingerprint density at radius 2 is 2.00 bits per heavy atom. The largest absolute Gasteiger partial charge is 0.481 e. The molecule has 1 atom stereocenters. The molecule has 0 radical (unpaired) electrons. The first-order valence-corrected chi connectivity index (χ1v) is 5.72. The number of nitrogens with one attached hydrogen (secondary N) is 1. The Kier molecular flexibility index (Phi) is 7.50. The van der Waals surface area contributed by atoms with E-state index in [1.165, 1.54) is 12.0 Å². The molecule has 0 aliphatic heterocycles. The number of rotatable bonds is 7. The lowest BCUT2D eigenvalue weighted by atomic mass is 10.1. The topological polar surface area (TPSA) is 95.9 Å². The second kappa shape index (κ2) is 8.32. The second-order valence-corrected chi connectivity index (χ2v) is 3.98. The number of carbonyl (C=O) groups excluding carboxylic acids is 2. The number of hydrogen-bond acceptors (Lipinski definition) is 4. The summed E-state index contributed by atoms with van der Waals surface area (Å²) in [6, 6.07) is -0.403. The normalized spacial score (nSPS) is 11.5. The van der Waals surface area contributed by atoms with Gasteiger partial charge in [0.2, 0.25) is 0 Å². The summed E-state index contributed by atoms with van der Waals surface area (Å²) in [6.07, 6.45) is -0.0105. The monoisotopic (exact) mass is 260 g/mol. The van der Waals surface area contributed by atoms with Crippen LogP contribution in [0.3, 0.4) is 0 Å². The van der Waals surface area contributed by atoms with E-state index in [4.69, 9.17) is 5.11 Å². The Morgan fingerprint density at radius 1 is 1.39 bits per heavy atom. The van der Waals surface area contributed by atoms with Gasteiger partial charge in [0.05, 0.1) is 7.11 Å². The third kappa shape index (κ3) is 6.72. The SMILES string of the molecule is CCN(CC(=O)OC)C(=O)NCC(C)CC(=O)O. The summed E-state index contributed by atoms with van der Waals surface area (Å²) in [5.41, 5.74) is 0. The fourth-order valence-electron chi connectivity index (χ4n) is 1.29. The summed E-state index contributed by atoms with van der Waals surface area (Å²) in [5, 5.41) is 11.2. The lowest BCUT2D eigenvalue weighted by Crippen LogP contribution is -2.44. The smallest absolute Gasteiger partial charge is 0.325 e. The van der Waals surface area contributed by atoms with Crippen molar-refractivity contribution in [3.05, 3.63) is 0 Å². The van der Waals surface area contributed by atoms with Gasteiger partial charge in [-0.15, -0.1) is 0 Å². The fourth-order valence-corrected chi connectivity index (χ4v) is 1.29. The highest BCUT2D eigenvalue weighted by Gasteiger charge is 2.16. The molecule has 0 fully saturated rings. The number of likely N-dealkylation sites (N-methyl/N-ethyl adjacent to an activating group) is 1. The van der Waals surface area contributed by atoms with Crippen LogP contribution in [-0.4, -0.2) is 54.7 Å². The van der Waals surface area contributed by atoms with Crippen LogP contribution in [0.25, 0.3) is 0 Å². The van der Waals surface area contributed by atoms with Crippen molar-refractivity contribution in [3.63, 3.8) is 0 Å². The Balaban J connectivity index is 4.11. The van der Waals surface area contributed by atoms with Crippen LogP contribution in [-0.2, 0) is 14.3 Å². The van der Waals surface area contributed by atoms with Crippen LogP contribution in [0.5, 0.6) is 0 Å². The van der Waals surface area contributed by atoms with Crippen molar-refractivity contribution < 1.29 is 24.2 Å². The summed E-state index contributed by atoms with van der Waals surface area (Å²) in [5.74, 6) is -1.56. The number of methoxy groups -OCH3 is 1. The maximum Gasteiger partial charge on any atom is 0.325 e. The van der Waals surface area contributed by atoms with E-state index in [2.05, 4.69) is 10.1 Å². The van der Waals surface area contributed by atoms with Gasteiger partial charge in [-0.3, -0.25) is 9.59 Å². The lowest BCUT2D eigenvalue weighted by molar-refractivity contribution is -0.141. The molecule has 0 aromatic rings. The van der Waals surface area contributed by atoms with E-state index in [0.29, 0.717) is 6.54 Å². The molecule has 7 nitrogen and oxygen atoms in total. The van der Waals surface area contributed by atoms with Gasteiger partial charge < -0.3 is 20.1 Å². The number of esters is 1. The number of ether oxygens (including phenoxy) is 1. The molecule has 0 heterocycles. The molecule has 2 amide bonds. The van der Waals surface area contributed by atoms with Crippen LogP contribution >= 0.6 is 0 Å². The Bertz CT molecular complexity index is 306. The lowest BCUT2D eigenvalue weighted by Gasteiger charge is -2.21. The van der Waals surface area contributed by atoms with Gasteiger partial charge in [-0.25, -0.2) is 4.79 Å². The van der Waals surface area contributed by atoms with Crippen LogP contribution in [0.2, 0.25) is 0 Å². The van der Waals surface area contributed by atoms with Gasteiger partial charge in [-0.2, -0.15) is 0 Å². The molecule has 0 aliphatic carbocycles. The highest BCUT2D eigenvalue weighted by atomic mass is 16.5. The first kappa shape index (κ1) is 16.2. The van der Waals surface area contributed by atoms with E-state index in [-0.39, 0.29) is 25.4 Å². The molecular formula is C11H20N2O5. The standard InChI is InChI=1S/C11H20N2O5/c1-4-13(7-10(16)18-3)11(17)12-6-8(2)5-9(14)15/h8H,4-7H2,1-3H3,(H,12,17)(H,14,15). The minimum atomic E-state index is -0.904. The number of urea groups is 1. The van der Waals surface area contributed by atoms with E-state index in [9.17, 15) is 14.4 Å². The molecule has 2 N–H and O–H groups in total. The summed E-state index contributed by atoms with van der Waals surface area (Å²) >= 11 is 0. The van der Waals surface area contributed by atoms with E-state index in [1.54, 1.807) is 13.8 Å². The predicted octanol–water partition coefficient (Wildman–Crippen LogP) is 0.302. The molecule has 0 aromatic heterocycles. The van der Waals surface area contributed by atoms with Gasteiger partial charge >= 0.3 is 18.0 Å². The zero-order valence-corrected chi connectivity index (χ0v) is 10.9. The van der Waals surface area contributed by atoms with Gasteiger partial charge in [0.1, 0.15) is 6.54 Å². The molecule has 7 heteroatoms. The van der Waals surface area contributed by atoms with Crippen LogP contribution in [0.1, 0.15) is 20.3 Å². The zero-order chi connectivity index (χ0) is 14.1. The van der Waals surface area contributed by atoms with Gasteiger partial charge in [0.25, 0.3) is 0 Å². The molecule has 0 saturated heterocycles. The van der Waals surface area contributed by atoms with Gasteiger partial charge in [0, 0.05) is 19.5 Å². The number of carboxylic acid groups (broad SMARTS) is 1. The molecule has 0 aromatic carbocycles. The molecule has 104 valence electrons. The van der Waals surface area contributed by atoms with Crippen molar-refractivity contribution in [2.24, 2.45) is 5.92 Å². The number of nitrogens with zero attached hydrogens (tertiary/aromatic N) is 1. The van der Waals surface area contributed by atoms with Crippen molar-refractivity contribution in [2.75, 3.05) is 26.7 Å². The Hall–Kier alpha value is -1.79. The highest BCUT2D eigenvalue weighted by molar-refractivity contribution is 5.80. The van der Waals surface area contributed by atoms with Crippen LogP contribution in [0.4, 0.5) is 4.79 Å². The first-order chi connectivity index (χ1) is 8.40. The van der Waals surface area contributed by atoms with Crippen molar-refractivity contribution in [3.8, 4) is 0 Å². The molecule has 1 unspecified atom stereocenters. The molecule has 18 heavy (non-hydrogen) atoms. The van der Waals surface area contributed by atoms with Crippen molar-refractivity contribution >= 4 is 18.0 Å². The first-order valence-electron chi connectivity index (χ1n) is 5.72. The molecular weight excluding hydrogens is 240 g/mol. The average Bonchev–Trinajstić information content (AvgIpc) is 2.31. The molecule has 0 spiro atoms. The minimum absolute atomic E-state index is 0.0105. The van der Waals surface area contributed by atoms with Crippen LogP contribution in [0.15, 0.2) is 0 Å². The summed E-state index contributed by atoms with van der Waals surface area (Å²) in [7, 11) is 1.25.